The van der Waals surface area contributed by atoms with E-state index in [2.05, 4.69) is 78.3 Å². The Morgan fingerprint density at radius 1 is 0.750 bits per heavy atom. The van der Waals surface area contributed by atoms with Gasteiger partial charge in [0.05, 0.1) is 18.6 Å². The van der Waals surface area contributed by atoms with Crippen molar-refractivity contribution in [1.29, 1.82) is 0 Å². The normalized spacial score (nSPS) is 14.1. The molecule has 4 N–H and O–H groups in total. The standard InChI is InChI=1S/C40H51N3O4S/c1-6-27(4)25-41-37(45)24-36(44)35(21-26(2)3)42-39(47)40(48-5)43-38(46)32(22-30-17-11-15-28-13-7-9-19-33(28)30)23-31-18-12-16-29-14-8-10-20-34(29)31/h7-20,26-27,32,35-36,40,44H,6,21-25H2,1-5H3,(H,41,45)(H,42,47)(H,43,46)/t27-,35-,36+,40?/m0/s1. The summed E-state index contributed by atoms with van der Waals surface area (Å²) in [6.07, 6.45) is 3.05. The van der Waals surface area contributed by atoms with Crippen molar-refractivity contribution in [3.63, 3.8) is 0 Å². The molecule has 0 saturated carbocycles. The summed E-state index contributed by atoms with van der Waals surface area (Å²) in [6, 6.07) is 28.1. The molecule has 4 atom stereocenters. The second-order valence-corrected chi connectivity index (χ2v) is 14.3. The Morgan fingerprint density at radius 2 is 1.29 bits per heavy atom. The van der Waals surface area contributed by atoms with Crippen LogP contribution in [0.5, 0.6) is 0 Å². The molecule has 0 bridgehead atoms. The van der Waals surface area contributed by atoms with Gasteiger partial charge in [-0.2, -0.15) is 0 Å². The first-order valence-corrected chi connectivity index (χ1v) is 18.4. The van der Waals surface area contributed by atoms with Gasteiger partial charge in [0.1, 0.15) is 0 Å². The largest absolute Gasteiger partial charge is 0.390 e. The smallest absolute Gasteiger partial charge is 0.253 e. The number of hydrogen-bond donors (Lipinski definition) is 4. The molecule has 0 saturated heterocycles. The van der Waals surface area contributed by atoms with Gasteiger partial charge in [0.25, 0.3) is 5.91 Å². The van der Waals surface area contributed by atoms with Crippen LogP contribution in [-0.4, -0.2) is 53.1 Å². The Morgan fingerprint density at radius 3 is 1.81 bits per heavy atom. The third-order valence-electron chi connectivity index (χ3n) is 9.07. The van der Waals surface area contributed by atoms with E-state index in [1.807, 2.05) is 50.2 Å². The minimum atomic E-state index is -1.06. The molecular weight excluding hydrogens is 619 g/mol. The minimum absolute atomic E-state index is 0.109. The Balaban J connectivity index is 1.53. The van der Waals surface area contributed by atoms with Gasteiger partial charge in [0.15, 0.2) is 5.37 Å². The second-order valence-electron chi connectivity index (χ2n) is 13.3. The zero-order chi connectivity index (χ0) is 34.6. The lowest BCUT2D eigenvalue weighted by atomic mass is 9.88. The maximum atomic E-state index is 14.2. The molecule has 0 fully saturated rings. The number of aliphatic hydroxyl groups excluding tert-OH is 1. The lowest BCUT2D eigenvalue weighted by molar-refractivity contribution is -0.130. The number of amides is 3. The summed E-state index contributed by atoms with van der Waals surface area (Å²) >= 11 is 1.24. The average molecular weight is 670 g/mol. The van der Waals surface area contributed by atoms with E-state index in [9.17, 15) is 19.5 Å². The summed E-state index contributed by atoms with van der Waals surface area (Å²) in [5.74, 6) is -0.791. The average Bonchev–Trinajstić information content (AvgIpc) is 3.08. The number of rotatable bonds is 17. The maximum absolute atomic E-state index is 14.2. The van der Waals surface area contributed by atoms with Crippen molar-refractivity contribution < 1.29 is 19.5 Å². The number of hydrogen-bond acceptors (Lipinski definition) is 5. The lowest BCUT2D eigenvalue weighted by Crippen LogP contribution is -2.53. The second kappa shape index (κ2) is 18.0. The van der Waals surface area contributed by atoms with Gasteiger partial charge in [-0.1, -0.05) is 119 Å². The molecule has 0 aliphatic heterocycles. The minimum Gasteiger partial charge on any atom is -0.390 e. The maximum Gasteiger partial charge on any atom is 0.253 e. The van der Waals surface area contributed by atoms with Crippen LogP contribution in [0, 0.1) is 17.8 Å². The van der Waals surface area contributed by atoms with Crippen molar-refractivity contribution >= 4 is 51.0 Å². The molecule has 256 valence electrons. The van der Waals surface area contributed by atoms with Crippen molar-refractivity contribution in [2.75, 3.05) is 12.8 Å². The van der Waals surface area contributed by atoms with Crippen molar-refractivity contribution in [1.82, 2.24) is 16.0 Å². The predicted octanol–water partition coefficient (Wildman–Crippen LogP) is 6.64. The number of fused-ring (bicyclic) bond motifs is 2. The van der Waals surface area contributed by atoms with Gasteiger partial charge < -0.3 is 21.1 Å². The fourth-order valence-electron chi connectivity index (χ4n) is 6.12. The van der Waals surface area contributed by atoms with Gasteiger partial charge >= 0.3 is 0 Å². The first kappa shape index (κ1) is 36.9. The molecule has 1 unspecified atom stereocenters. The van der Waals surface area contributed by atoms with Crippen LogP contribution >= 0.6 is 11.8 Å². The summed E-state index contributed by atoms with van der Waals surface area (Å²) in [5.41, 5.74) is 2.15. The van der Waals surface area contributed by atoms with Crippen molar-refractivity contribution in [3.05, 3.63) is 96.1 Å². The molecule has 0 aliphatic rings. The molecule has 8 heteroatoms. The predicted molar refractivity (Wildman–Crippen MR) is 199 cm³/mol. The van der Waals surface area contributed by atoms with Crippen LogP contribution in [0.15, 0.2) is 84.9 Å². The molecule has 4 rings (SSSR count). The van der Waals surface area contributed by atoms with Crippen molar-refractivity contribution in [2.24, 2.45) is 17.8 Å². The Hall–Kier alpha value is -3.88. The fourth-order valence-corrected chi connectivity index (χ4v) is 6.64. The van der Waals surface area contributed by atoms with E-state index in [1.54, 1.807) is 6.26 Å². The first-order valence-electron chi connectivity index (χ1n) is 17.1. The quantitative estimate of drug-likeness (QED) is 0.0943. The van der Waals surface area contributed by atoms with Gasteiger partial charge in [0.2, 0.25) is 11.8 Å². The van der Waals surface area contributed by atoms with Crippen LogP contribution < -0.4 is 16.0 Å². The summed E-state index contributed by atoms with van der Waals surface area (Å²) in [7, 11) is 0. The first-order chi connectivity index (χ1) is 23.1. The highest BCUT2D eigenvalue weighted by Gasteiger charge is 2.30. The lowest BCUT2D eigenvalue weighted by Gasteiger charge is -2.28. The van der Waals surface area contributed by atoms with Crippen LogP contribution in [0.3, 0.4) is 0 Å². The number of thioether (sulfide) groups is 1. The molecule has 7 nitrogen and oxygen atoms in total. The zero-order valence-electron chi connectivity index (χ0n) is 28.9. The van der Waals surface area contributed by atoms with Crippen LogP contribution in [0.4, 0.5) is 0 Å². The molecule has 0 aliphatic carbocycles. The van der Waals surface area contributed by atoms with E-state index in [4.69, 9.17) is 0 Å². The molecule has 0 radical (unpaired) electrons. The Kier molecular flexibility index (Phi) is 13.9. The summed E-state index contributed by atoms with van der Waals surface area (Å²) in [4.78, 5) is 40.4. The number of aliphatic hydroxyl groups is 1. The number of nitrogens with one attached hydrogen (secondary N) is 3. The summed E-state index contributed by atoms with van der Waals surface area (Å²) in [6.45, 7) is 8.69. The molecule has 0 aromatic heterocycles. The van der Waals surface area contributed by atoms with E-state index in [0.717, 1.165) is 39.1 Å². The van der Waals surface area contributed by atoms with E-state index in [1.165, 1.54) is 11.8 Å². The summed E-state index contributed by atoms with van der Waals surface area (Å²) < 4.78 is 0. The van der Waals surface area contributed by atoms with E-state index in [0.29, 0.717) is 31.7 Å². The molecular formula is C40H51N3O4S. The highest BCUT2D eigenvalue weighted by molar-refractivity contribution is 7.99. The molecule has 4 aromatic carbocycles. The van der Waals surface area contributed by atoms with Crippen LogP contribution in [0.2, 0.25) is 0 Å². The van der Waals surface area contributed by atoms with Gasteiger partial charge in [0, 0.05) is 12.5 Å². The number of benzene rings is 4. The van der Waals surface area contributed by atoms with Crippen LogP contribution in [0.1, 0.15) is 58.1 Å². The monoisotopic (exact) mass is 669 g/mol. The van der Waals surface area contributed by atoms with Gasteiger partial charge in [-0.3, -0.25) is 14.4 Å². The third-order valence-corrected chi connectivity index (χ3v) is 9.87. The summed E-state index contributed by atoms with van der Waals surface area (Å²) in [5, 5.41) is 23.5. The van der Waals surface area contributed by atoms with Gasteiger partial charge in [-0.15, -0.1) is 11.8 Å². The third kappa shape index (κ3) is 10.3. The topological polar surface area (TPSA) is 108 Å². The fraction of sp³-hybridized carbons (Fsp3) is 0.425. The van der Waals surface area contributed by atoms with Crippen LogP contribution in [0.25, 0.3) is 21.5 Å². The van der Waals surface area contributed by atoms with E-state index in [-0.39, 0.29) is 24.2 Å². The zero-order valence-corrected chi connectivity index (χ0v) is 29.7. The highest BCUT2D eigenvalue weighted by atomic mass is 32.2. The Bertz CT molecular complexity index is 1580. The van der Waals surface area contributed by atoms with Gasteiger partial charge in [-0.25, -0.2) is 0 Å². The van der Waals surface area contributed by atoms with Crippen LogP contribution in [-0.2, 0) is 27.2 Å². The SMILES string of the molecule is CC[C@H](C)CNC(=O)C[C@@H](O)[C@H](CC(C)C)NC(=O)C(NC(=O)C(Cc1cccc2ccccc12)Cc1cccc2ccccc12)SC. The highest BCUT2D eigenvalue weighted by Crippen LogP contribution is 2.27. The molecule has 0 spiro atoms. The van der Waals surface area contributed by atoms with Gasteiger partial charge in [-0.05, 0) is 70.0 Å². The van der Waals surface area contributed by atoms with E-state index < -0.39 is 29.3 Å². The molecule has 3 amide bonds. The van der Waals surface area contributed by atoms with Crippen molar-refractivity contribution in [3.8, 4) is 0 Å². The number of carbonyl (C=O) groups is 3. The molecule has 0 heterocycles. The molecule has 4 aromatic rings. The number of carbonyl (C=O) groups excluding carboxylic acids is 3. The Labute approximate surface area is 289 Å². The molecule has 48 heavy (non-hydrogen) atoms. The van der Waals surface area contributed by atoms with Crippen molar-refractivity contribution in [2.45, 2.75) is 77.3 Å². The van der Waals surface area contributed by atoms with E-state index >= 15 is 0 Å².